The number of esters is 1. The fourth-order valence-corrected chi connectivity index (χ4v) is 2.40. The molecule has 0 aliphatic heterocycles. The van der Waals surface area contributed by atoms with E-state index in [-0.39, 0.29) is 18.6 Å². The van der Waals surface area contributed by atoms with Gasteiger partial charge in [0.15, 0.2) is 0 Å². The van der Waals surface area contributed by atoms with Crippen molar-refractivity contribution in [3.8, 4) is 5.75 Å². The van der Waals surface area contributed by atoms with E-state index in [1.54, 1.807) is 60.7 Å². The predicted molar refractivity (Wildman–Crippen MR) is 105 cm³/mol. The largest absolute Gasteiger partial charge is 0.421 e. The summed E-state index contributed by atoms with van der Waals surface area (Å²) in [5.74, 6) is -1.07. The smallest absolute Gasteiger partial charge is 0.385 e. The van der Waals surface area contributed by atoms with Crippen LogP contribution < -0.4 is 4.74 Å². The minimum Gasteiger partial charge on any atom is -0.421 e. The Hall–Kier alpha value is -2.50. The van der Waals surface area contributed by atoms with Crippen LogP contribution in [0.3, 0.4) is 0 Å². The molecule has 0 heterocycles. The number of rotatable bonds is 8. The van der Waals surface area contributed by atoms with E-state index in [1.165, 1.54) is 0 Å². The van der Waals surface area contributed by atoms with Crippen molar-refractivity contribution >= 4 is 11.8 Å². The SMILES string of the molecule is CCCC(O)C(CC)CO.O=C(Oc1ccccc1)C(=O)c1ccccc1. The second-order valence-electron chi connectivity index (χ2n) is 6.10. The van der Waals surface area contributed by atoms with Gasteiger partial charge in [0, 0.05) is 18.1 Å². The average molecular weight is 372 g/mol. The van der Waals surface area contributed by atoms with Crippen molar-refractivity contribution in [1.29, 1.82) is 0 Å². The van der Waals surface area contributed by atoms with E-state index in [0.29, 0.717) is 11.3 Å². The molecule has 5 heteroatoms. The van der Waals surface area contributed by atoms with Crippen LogP contribution in [0.1, 0.15) is 43.5 Å². The Kier molecular flexibility index (Phi) is 10.7. The highest BCUT2D eigenvalue weighted by Gasteiger charge is 2.18. The van der Waals surface area contributed by atoms with Crippen molar-refractivity contribution in [3.05, 3.63) is 66.2 Å². The molecule has 0 saturated carbocycles. The van der Waals surface area contributed by atoms with Crippen LogP contribution in [0.25, 0.3) is 0 Å². The monoisotopic (exact) mass is 372 g/mol. The third kappa shape index (κ3) is 8.15. The Labute approximate surface area is 160 Å². The second kappa shape index (κ2) is 12.8. The summed E-state index contributed by atoms with van der Waals surface area (Å²) in [6.07, 6.45) is 2.34. The standard InChI is InChI=1S/C14H10O3.C8H18O2/c15-13(11-7-3-1-4-8-11)14(16)17-12-9-5-2-6-10-12;1-3-5-8(10)7(4-2)6-9/h1-10H;7-10H,3-6H2,1-2H3. The maximum Gasteiger partial charge on any atom is 0.385 e. The summed E-state index contributed by atoms with van der Waals surface area (Å²) in [5, 5.41) is 18.1. The topological polar surface area (TPSA) is 83.8 Å². The zero-order valence-electron chi connectivity index (χ0n) is 15.9. The number of aliphatic hydroxyl groups is 2. The minimum absolute atomic E-state index is 0.0833. The zero-order valence-corrected chi connectivity index (χ0v) is 15.9. The molecule has 0 saturated heterocycles. The van der Waals surface area contributed by atoms with Crippen molar-refractivity contribution in [3.63, 3.8) is 0 Å². The molecule has 0 bridgehead atoms. The molecule has 0 aromatic heterocycles. The first kappa shape index (κ1) is 22.5. The number of ether oxygens (including phenoxy) is 1. The summed E-state index contributed by atoms with van der Waals surface area (Å²) in [6.45, 7) is 4.13. The van der Waals surface area contributed by atoms with Crippen molar-refractivity contribution in [2.45, 2.75) is 39.2 Å². The minimum atomic E-state index is -0.873. The van der Waals surface area contributed by atoms with Crippen LogP contribution in [-0.2, 0) is 4.79 Å². The molecule has 146 valence electrons. The number of hydrogen-bond acceptors (Lipinski definition) is 5. The second-order valence-corrected chi connectivity index (χ2v) is 6.10. The van der Waals surface area contributed by atoms with Gasteiger partial charge >= 0.3 is 5.97 Å². The molecule has 0 amide bonds. The van der Waals surface area contributed by atoms with Gasteiger partial charge in [-0.05, 0) is 25.0 Å². The Balaban J connectivity index is 0.000000314. The van der Waals surface area contributed by atoms with Crippen LogP contribution in [0.4, 0.5) is 0 Å². The van der Waals surface area contributed by atoms with E-state index in [1.807, 2.05) is 13.8 Å². The Bertz CT molecular complexity index is 666. The maximum absolute atomic E-state index is 11.7. The number of Topliss-reactive ketones (excluding diaryl/α,β-unsaturated/α-hetero) is 1. The molecule has 0 spiro atoms. The van der Waals surface area contributed by atoms with Crippen molar-refractivity contribution < 1.29 is 24.5 Å². The molecule has 5 nitrogen and oxygen atoms in total. The van der Waals surface area contributed by atoms with Gasteiger partial charge in [-0.25, -0.2) is 4.79 Å². The Morgan fingerprint density at radius 2 is 1.52 bits per heavy atom. The van der Waals surface area contributed by atoms with Gasteiger partial charge in [-0.2, -0.15) is 0 Å². The number of hydrogen-bond donors (Lipinski definition) is 2. The van der Waals surface area contributed by atoms with Crippen LogP contribution in [0.2, 0.25) is 0 Å². The van der Waals surface area contributed by atoms with Gasteiger partial charge in [-0.3, -0.25) is 4.79 Å². The summed E-state index contributed by atoms with van der Waals surface area (Å²) in [6, 6.07) is 16.8. The quantitative estimate of drug-likeness (QED) is 0.320. The first-order valence-electron chi connectivity index (χ1n) is 9.18. The summed E-state index contributed by atoms with van der Waals surface area (Å²) >= 11 is 0. The van der Waals surface area contributed by atoms with Gasteiger partial charge in [-0.1, -0.05) is 68.8 Å². The van der Waals surface area contributed by atoms with E-state index in [4.69, 9.17) is 9.84 Å². The molecule has 2 aromatic carbocycles. The predicted octanol–water partition coefficient (Wildman–Crippen LogP) is 3.64. The first-order valence-corrected chi connectivity index (χ1v) is 9.18. The fourth-order valence-electron chi connectivity index (χ4n) is 2.40. The molecule has 0 aliphatic rings. The zero-order chi connectivity index (χ0) is 20.1. The maximum atomic E-state index is 11.7. The summed E-state index contributed by atoms with van der Waals surface area (Å²) in [4.78, 5) is 23.2. The lowest BCUT2D eigenvalue weighted by Crippen LogP contribution is -2.22. The number of carbonyl (C=O) groups excluding carboxylic acids is 2. The van der Waals surface area contributed by atoms with Gasteiger partial charge < -0.3 is 14.9 Å². The van der Waals surface area contributed by atoms with Crippen molar-refractivity contribution in [2.24, 2.45) is 5.92 Å². The number of carbonyl (C=O) groups is 2. The van der Waals surface area contributed by atoms with Crippen LogP contribution in [-0.4, -0.2) is 34.7 Å². The Morgan fingerprint density at radius 3 is 2.00 bits per heavy atom. The normalized spacial score (nSPS) is 12.3. The average Bonchev–Trinajstić information content (AvgIpc) is 2.70. The molecule has 2 rings (SSSR count). The lowest BCUT2D eigenvalue weighted by molar-refractivity contribution is -0.129. The van der Waals surface area contributed by atoms with E-state index in [9.17, 15) is 14.7 Å². The van der Waals surface area contributed by atoms with E-state index in [0.717, 1.165) is 19.3 Å². The number of para-hydroxylation sites is 1. The molecule has 2 aromatic rings. The molecule has 2 unspecified atom stereocenters. The molecule has 0 fully saturated rings. The molecule has 2 atom stereocenters. The number of ketones is 1. The number of aliphatic hydroxyl groups excluding tert-OH is 2. The van der Waals surface area contributed by atoms with Gasteiger partial charge in [0.2, 0.25) is 0 Å². The molecule has 2 N–H and O–H groups in total. The third-order valence-electron chi connectivity index (χ3n) is 4.06. The van der Waals surface area contributed by atoms with Crippen molar-refractivity contribution in [2.75, 3.05) is 6.61 Å². The van der Waals surface area contributed by atoms with E-state index < -0.39 is 11.8 Å². The summed E-state index contributed by atoms with van der Waals surface area (Å²) in [5.41, 5.74) is 0.327. The lowest BCUT2D eigenvalue weighted by Gasteiger charge is -2.17. The van der Waals surface area contributed by atoms with Gasteiger partial charge in [0.05, 0.1) is 6.10 Å². The van der Waals surface area contributed by atoms with Crippen molar-refractivity contribution in [1.82, 2.24) is 0 Å². The van der Waals surface area contributed by atoms with Crippen LogP contribution in [0, 0.1) is 5.92 Å². The third-order valence-corrected chi connectivity index (χ3v) is 4.06. The number of benzene rings is 2. The summed E-state index contributed by atoms with van der Waals surface area (Å²) < 4.78 is 4.94. The van der Waals surface area contributed by atoms with Gasteiger partial charge in [-0.15, -0.1) is 0 Å². The highest BCUT2D eigenvalue weighted by atomic mass is 16.5. The van der Waals surface area contributed by atoms with E-state index in [2.05, 4.69) is 0 Å². The van der Waals surface area contributed by atoms with Crippen LogP contribution in [0.5, 0.6) is 5.75 Å². The summed E-state index contributed by atoms with van der Waals surface area (Å²) in [7, 11) is 0. The van der Waals surface area contributed by atoms with Crippen LogP contribution in [0.15, 0.2) is 60.7 Å². The first-order chi connectivity index (χ1) is 13.0. The highest BCUT2D eigenvalue weighted by Crippen LogP contribution is 2.12. The van der Waals surface area contributed by atoms with Gasteiger partial charge in [0.1, 0.15) is 5.75 Å². The lowest BCUT2D eigenvalue weighted by atomic mass is 9.97. The molecular formula is C22H28O5. The molecule has 27 heavy (non-hydrogen) atoms. The Morgan fingerprint density at radius 1 is 0.963 bits per heavy atom. The molecule has 0 radical (unpaired) electrons. The highest BCUT2D eigenvalue weighted by molar-refractivity contribution is 6.41. The molecular weight excluding hydrogens is 344 g/mol. The van der Waals surface area contributed by atoms with E-state index >= 15 is 0 Å². The molecule has 0 aliphatic carbocycles. The van der Waals surface area contributed by atoms with Crippen LogP contribution >= 0.6 is 0 Å². The fraction of sp³-hybridized carbons (Fsp3) is 0.364. The van der Waals surface area contributed by atoms with Gasteiger partial charge in [0.25, 0.3) is 5.78 Å².